The first-order chi connectivity index (χ1) is 26.1. The fourth-order valence-electron chi connectivity index (χ4n) is 9.84. The lowest BCUT2D eigenvalue weighted by Crippen LogP contribution is -2.14. The monoisotopic (exact) mass is 674 g/mol. The molecule has 2 nitrogen and oxygen atoms in total. The van der Waals surface area contributed by atoms with Gasteiger partial charge in [-0.25, -0.2) is 0 Å². The largest absolute Gasteiger partial charge is 0.309 e. The van der Waals surface area contributed by atoms with Gasteiger partial charge in [0, 0.05) is 38.3 Å². The van der Waals surface area contributed by atoms with E-state index in [0.29, 0.717) is 0 Å². The molecule has 0 N–H and O–H groups in total. The Morgan fingerprint density at radius 3 is 1.58 bits per heavy atom. The summed E-state index contributed by atoms with van der Waals surface area (Å²) in [6, 6.07) is 63.4. The predicted molar refractivity (Wildman–Crippen MR) is 225 cm³/mol. The zero-order valence-corrected chi connectivity index (χ0v) is 29.6. The van der Waals surface area contributed by atoms with E-state index < -0.39 is 0 Å². The summed E-state index contributed by atoms with van der Waals surface area (Å²) in [5.74, 6) is 0. The van der Waals surface area contributed by atoms with E-state index in [1.807, 2.05) is 0 Å². The summed E-state index contributed by atoms with van der Waals surface area (Å²) in [6.07, 6.45) is 0. The number of rotatable bonds is 2. The quantitative estimate of drug-likeness (QED) is 0.162. The van der Waals surface area contributed by atoms with Gasteiger partial charge < -0.3 is 9.13 Å². The molecule has 2 aromatic heterocycles. The number of nitrogens with zero attached hydrogens (tertiary/aromatic N) is 2. The molecule has 1 aliphatic carbocycles. The molecule has 0 unspecified atom stereocenters. The molecule has 0 aliphatic heterocycles. The van der Waals surface area contributed by atoms with Crippen LogP contribution in [0.25, 0.3) is 98.4 Å². The molecule has 0 amide bonds. The van der Waals surface area contributed by atoms with Crippen molar-refractivity contribution in [1.29, 1.82) is 0 Å². The highest BCUT2D eigenvalue weighted by molar-refractivity contribution is 6.29. The molecule has 0 saturated carbocycles. The normalized spacial score (nSPS) is 13.6. The molecule has 2 heteroatoms. The van der Waals surface area contributed by atoms with Crippen LogP contribution in [0, 0.1) is 0 Å². The van der Waals surface area contributed by atoms with Crippen LogP contribution >= 0.6 is 0 Å². The molecule has 9 aromatic carbocycles. The zero-order valence-electron chi connectivity index (χ0n) is 29.6. The lowest BCUT2D eigenvalue weighted by Gasteiger charge is -2.21. The number of benzene rings is 9. The van der Waals surface area contributed by atoms with Crippen LogP contribution in [-0.2, 0) is 5.41 Å². The average molecular weight is 675 g/mol. The third kappa shape index (κ3) is 3.77. The summed E-state index contributed by atoms with van der Waals surface area (Å²) in [5, 5.41) is 12.9. The van der Waals surface area contributed by atoms with E-state index in [2.05, 4.69) is 193 Å². The van der Waals surface area contributed by atoms with Gasteiger partial charge in [-0.3, -0.25) is 0 Å². The molecule has 2 heterocycles. The first kappa shape index (κ1) is 29.0. The standard InChI is InChI=1S/C51H34N2/c1-51(2)45-22-12-10-20-37(45)42-28-44-43-27-40-35-18-8-6-16-33(35)34-17-7-9-19-36(34)41(40)29-49(43)53(50(44)30-46(42)51)32-24-25-39-38-21-11-13-23-47(38)52(48(39)26-32)31-14-4-3-5-15-31/h3-30H,1-2H3. The van der Waals surface area contributed by atoms with E-state index in [4.69, 9.17) is 0 Å². The van der Waals surface area contributed by atoms with E-state index in [-0.39, 0.29) is 5.41 Å². The van der Waals surface area contributed by atoms with Crippen LogP contribution in [0.15, 0.2) is 170 Å². The van der Waals surface area contributed by atoms with Crippen LogP contribution in [0.4, 0.5) is 0 Å². The summed E-state index contributed by atoms with van der Waals surface area (Å²) in [5.41, 5.74) is 12.6. The first-order valence-corrected chi connectivity index (χ1v) is 18.6. The number of hydrogen-bond acceptors (Lipinski definition) is 0. The number of aromatic nitrogens is 2. The molecule has 0 atom stereocenters. The Morgan fingerprint density at radius 2 is 0.830 bits per heavy atom. The Bertz CT molecular complexity index is 3360. The SMILES string of the molecule is CC1(C)c2ccccc2-c2cc3c4cc5c6ccccc6c6ccccc6c5cc4n(-c4ccc5c6ccccc6n(-c6ccccc6)c5c4)c3cc21. The topological polar surface area (TPSA) is 9.86 Å². The van der Waals surface area contributed by atoms with Crippen LogP contribution < -0.4 is 0 Å². The Kier molecular flexibility index (Phi) is 5.60. The fraction of sp³-hybridized carbons (Fsp3) is 0.0588. The summed E-state index contributed by atoms with van der Waals surface area (Å²) >= 11 is 0. The summed E-state index contributed by atoms with van der Waals surface area (Å²) in [4.78, 5) is 0. The highest BCUT2D eigenvalue weighted by Crippen LogP contribution is 2.51. The van der Waals surface area contributed by atoms with Gasteiger partial charge in [0.25, 0.3) is 0 Å². The zero-order chi connectivity index (χ0) is 35.0. The molecule has 0 spiro atoms. The predicted octanol–water partition coefficient (Wildman–Crippen LogP) is 13.6. The van der Waals surface area contributed by atoms with Crippen LogP contribution in [0.2, 0.25) is 0 Å². The summed E-state index contributed by atoms with van der Waals surface area (Å²) in [6.45, 7) is 4.76. The van der Waals surface area contributed by atoms with E-state index >= 15 is 0 Å². The van der Waals surface area contributed by atoms with Gasteiger partial charge in [0.1, 0.15) is 0 Å². The highest BCUT2D eigenvalue weighted by atomic mass is 15.0. The second-order valence-electron chi connectivity index (χ2n) is 15.3. The lowest BCUT2D eigenvalue weighted by molar-refractivity contribution is 0.661. The summed E-state index contributed by atoms with van der Waals surface area (Å²) in [7, 11) is 0. The van der Waals surface area contributed by atoms with Crippen molar-refractivity contribution in [1.82, 2.24) is 9.13 Å². The van der Waals surface area contributed by atoms with Gasteiger partial charge >= 0.3 is 0 Å². The van der Waals surface area contributed by atoms with Crippen molar-refractivity contribution in [2.75, 3.05) is 0 Å². The van der Waals surface area contributed by atoms with E-state index in [9.17, 15) is 0 Å². The number of para-hydroxylation sites is 2. The van der Waals surface area contributed by atoms with Crippen molar-refractivity contribution < 1.29 is 0 Å². The molecular weight excluding hydrogens is 641 g/mol. The molecule has 0 saturated heterocycles. The van der Waals surface area contributed by atoms with Gasteiger partial charge in [0.15, 0.2) is 0 Å². The van der Waals surface area contributed by atoms with Gasteiger partial charge in [0.2, 0.25) is 0 Å². The maximum absolute atomic E-state index is 2.54. The van der Waals surface area contributed by atoms with Gasteiger partial charge in [-0.15, -0.1) is 0 Å². The molecule has 53 heavy (non-hydrogen) atoms. The minimum atomic E-state index is -0.109. The van der Waals surface area contributed by atoms with Gasteiger partial charge in [0.05, 0.1) is 22.1 Å². The van der Waals surface area contributed by atoms with Crippen molar-refractivity contribution in [3.63, 3.8) is 0 Å². The van der Waals surface area contributed by atoms with Crippen LogP contribution in [-0.4, -0.2) is 9.13 Å². The van der Waals surface area contributed by atoms with Crippen LogP contribution in [0.1, 0.15) is 25.0 Å². The van der Waals surface area contributed by atoms with Crippen molar-refractivity contribution in [3.05, 3.63) is 181 Å². The van der Waals surface area contributed by atoms with Crippen molar-refractivity contribution in [3.8, 4) is 22.5 Å². The Morgan fingerprint density at radius 1 is 0.302 bits per heavy atom. The van der Waals surface area contributed by atoms with E-state index in [0.717, 1.165) is 5.69 Å². The van der Waals surface area contributed by atoms with Gasteiger partial charge in [-0.05, 0) is 109 Å². The maximum Gasteiger partial charge on any atom is 0.0561 e. The van der Waals surface area contributed by atoms with Gasteiger partial charge in [-0.1, -0.05) is 129 Å². The number of fused-ring (bicyclic) bond motifs is 15. The van der Waals surface area contributed by atoms with Crippen LogP contribution in [0.5, 0.6) is 0 Å². The molecular formula is C51H34N2. The van der Waals surface area contributed by atoms with Crippen molar-refractivity contribution in [2.24, 2.45) is 0 Å². The second kappa shape index (κ2) is 10.2. The molecule has 12 rings (SSSR count). The van der Waals surface area contributed by atoms with Crippen LogP contribution in [0.3, 0.4) is 0 Å². The molecule has 1 aliphatic rings. The summed E-state index contributed by atoms with van der Waals surface area (Å²) < 4.78 is 4.97. The smallest absolute Gasteiger partial charge is 0.0561 e. The van der Waals surface area contributed by atoms with E-state index in [1.54, 1.807) is 0 Å². The Hall–Kier alpha value is -6.64. The Balaban J connectivity index is 1.26. The van der Waals surface area contributed by atoms with Gasteiger partial charge in [-0.2, -0.15) is 0 Å². The van der Waals surface area contributed by atoms with E-state index in [1.165, 1.54) is 104 Å². The maximum atomic E-state index is 2.54. The average Bonchev–Trinajstić information content (AvgIpc) is 3.79. The molecule has 248 valence electrons. The minimum Gasteiger partial charge on any atom is -0.309 e. The molecule has 11 aromatic rings. The second-order valence-corrected chi connectivity index (χ2v) is 15.3. The van der Waals surface area contributed by atoms with Crippen molar-refractivity contribution >= 4 is 75.9 Å². The van der Waals surface area contributed by atoms with Crippen molar-refractivity contribution in [2.45, 2.75) is 19.3 Å². The highest BCUT2D eigenvalue weighted by Gasteiger charge is 2.36. The fourth-order valence-corrected chi connectivity index (χ4v) is 9.84. The molecule has 0 fully saturated rings. The lowest BCUT2D eigenvalue weighted by atomic mass is 9.82. The minimum absolute atomic E-state index is 0.109. The Labute approximate surface area is 306 Å². The first-order valence-electron chi connectivity index (χ1n) is 18.6. The third-order valence-corrected chi connectivity index (χ3v) is 12.3. The molecule has 0 radical (unpaired) electrons. The molecule has 0 bridgehead atoms. The number of hydrogen-bond donors (Lipinski definition) is 0. The third-order valence-electron chi connectivity index (χ3n) is 12.3.